The number of pyridine rings is 1. The van der Waals surface area contributed by atoms with Gasteiger partial charge < -0.3 is 14.5 Å². The van der Waals surface area contributed by atoms with Crippen molar-refractivity contribution < 1.29 is 14.3 Å². The van der Waals surface area contributed by atoms with Crippen molar-refractivity contribution in [2.24, 2.45) is 0 Å². The van der Waals surface area contributed by atoms with Crippen molar-refractivity contribution in [3.63, 3.8) is 0 Å². The number of ether oxygens (including phenoxy) is 1. The fourth-order valence-corrected chi connectivity index (χ4v) is 3.72. The number of benzene rings is 1. The SMILES string of the molecule is CC(C)(C)OC(=O)N1CCN(C(=O)c2cccnc2Sc2ccccc2)CC1. The first-order valence-electron chi connectivity index (χ1n) is 9.28. The number of hydrogen-bond acceptors (Lipinski definition) is 5. The first-order chi connectivity index (χ1) is 13.3. The van der Waals surface area contributed by atoms with Crippen LogP contribution in [-0.4, -0.2) is 58.6 Å². The molecule has 1 aliphatic rings. The van der Waals surface area contributed by atoms with Crippen molar-refractivity contribution in [1.82, 2.24) is 14.8 Å². The first-order valence-corrected chi connectivity index (χ1v) is 10.1. The Morgan fingerprint density at radius 3 is 2.25 bits per heavy atom. The molecule has 148 valence electrons. The molecule has 0 spiro atoms. The molecule has 0 aliphatic carbocycles. The van der Waals surface area contributed by atoms with E-state index in [-0.39, 0.29) is 12.0 Å². The summed E-state index contributed by atoms with van der Waals surface area (Å²) in [5.74, 6) is -0.0598. The van der Waals surface area contributed by atoms with E-state index >= 15 is 0 Å². The van der Waals surface area contributed by atoms with Gasteiger partial charge in [0, 0.05) is 37.3 Å². The minimum absolute atomic E-state index is 0.0598. The van der Waals surface area contributed by atoms with Crippen LogP contribution in [0.15, 0.2) is 58.6 Å². The maximum Gasteiger partial charge on any atom is 0.410 e. The van der Waals surface area contributed by atoms with Crippen LogP contribution in [0.25, 0.3) is 0 Å². The highest BCUT2D eigenvalue weighted by Crippen LogP contribution is 2.29. The summed E-state index contributed by atoms with van der Waals surface area (Å²) in [6.07, 6.45) is 1.36. The number of rotatable bonds is 3. The predicted octanol–water partition coefficient (Wildman–Crippen LogP) is 3.93. The van der Waals surface area contributed by atoms with Gasteiger partial charge in [-0.2, -0.15) is 0 Å². The summed E-state index contributed by atoms with van der Waals surface area (Å²) < 4.78 is 5.41. The minimum Gasteiger partial charge on any atom is -0.444 e. The summed E-state index contributed by atoms with van der Waals surface area (Å²) in [6.45, 7) is 7.41. The van der Waals surface area contributed by atoms with Crippen LogP contribution in [0, 0.1) is 0 Å². The number of aromatic nitrogens is 1. The topological polar surface area (TPSA) is 62.7 Å². The molecule has 0 unspecified atom stereocenters. The van der Waals surface area contributed by atoms with Crippen molar-refractivity contribution in [2.45, 2.75) is 36.3 Å². The van der Waals surface area contributed by atoms with E-state index in [0.717, 1.165) is 4.90 Å². The van der Waals surface area contributed by atoms with Gasteiger partial charge in [-0.1, -0.05) is 30.0 Å². The summed E-state index contributed by atoms with van der Waals surface area (Å²) in [6, 6.07) is 13.4. The van der Waals surface area contributed by atoms with E-state index in [4.69, 9.17) is 4.74 Å². The maximum absolute atomic E-state index is 13.1. The molecule has 1 saturated heterocycles. The van der Waals surface area contributed by atoms with Gasteiger partial charge in [-0.15, -0.1) is 0 Å². The van der Waals surface area contributed by atoms with Crippen LogP contribution in [-0.2, 0) is 4.74 Å². The lowest BCUT2D eigenvalue weighted by molar-refractivity contribution is 0.0140. The molecule has 3 rings (SSSR count). The third-order valence-corrected chi connectivity index (χ3v) is 5.20. The Hall–Kier alpha value is -2.54. The molecule has 2 aromatic rings. The number of piperazine rings is 1. The third kappa shape index (κ3) is 5.25. The second-order valence-corrected chi connectivity index (χ2v) is 8.59. The Bertz CT molecular complexity index is 828. The normalized spacial score (nSPS) is 14.7. The molecule has 0 radical (unpaired) electrons. The molecule has 1 aromatic carbocycles. The van der Waals surface area contributed by atoms with Crippen LogP contribution in [0.4, 0.5) is 4.79 Å². The van der Waals surface area contributed by atoms with E-state index in [9.17, 15) is 9.59 Å². The van der Waals surface area contributed by atoms with Gasteiger partial charge in [-0.25, -0.2) is 9.78 Å². The summed E-state index contributed by atoms with van der Waals surface area (Å²) >= 11 is 1.48. The van der Waals surface area contributed by atoms with E-state index in [0.29, 0.717) is 36.8 Å². The second kappa shape index (κ2) is 8.65. The zero-order valence-corrected chi connectivity index (χ0v) is 17.2. The monoisotopic (exact) mass is 399 g/mol. The van der Waals surface area contributed by atoms with Crippen molar-refractivity contribution in [1.29, 1.82) is 0 Å². The molecule has 0 bridgehead atoms. The van der Waals surface area contributed by atoms with Gasteiger partial charge in [0.2, 0.25) is 0 Å². The van der Waals surface area contributed by atoms with Gasteiger partial charge >= 0.3 is 6.09 Å². The molecule has 0 saturated carbocycles. The Kier molecular flexibility index (Phi) is 6.24. The molecule has 0 N–H and O–H groups in total. The molecule has 1 fully saturated rings. The average molecular weight is 400 g/mol. The lowest BCUT2D eigenvalue weighted by atomic mass is 10.2. The van der Waals surface area contributed by atoms with E-state index in [2.05, 4.69) is 4.98 Å². The number of amides is 2. The van der Waals surface area contributed by atoms with E-state index in [1.807, 2.05) is 51.1 Å². The predicted molar refractivity (Wildman–Crippen MR) is 109 cm³/mol. The fraction of sp³-hybridized carbons (Fsp3) is 0.381. The molecule has 0 atom stereocenters. The highest BCUT2D eigenvalue weighted by atomic mass is 32.2. The summed E-state index contributed by atoms with van der Waals surface area (Å²) in [5.41, 5.74) is 0.0608. The molecule has 1 aliphatic heterocycles. The number of carbonyl (C=O) groups excluding carboxylic acids is 2. The fourth-order valence-electron chi connectivity index (χ4n) is 2.82. The van der Waals surface area contributed by atoms with Gasteiger partial charge in [-0.3, -0.25) is 4.79 Å². The molecule has 1 aromatic heterocycles. The smallest absolute Gasteiger partial charge is 0.410 e. The zero-order valence-electron chi connectivity index (χ0n) is 16.4. The lowest BCUT2D eigenvalue weighted by Crippen LogP contribution is -2.51. The van der Waals surface area contributed by atoms with Crippen molar-refractivity contribution in [2.75, 3.05) is 26.2 Å². The third-order valence-electron chi connectivity index (χ3n) is 4.18. The van der Waals surface area contributed by atoms with Crippen LogP contribution in [0.3, 0.4) is 0 Å². The van der Waals surface area contributed by atoms with Crippen molar-refractivity contribution in [3.8, 4) is 0 Å². The van der Waals surface area contributed by atoms with Crippen LogP contribution in [0.2, 0.25) is 0 Å². The van der Waals surface area contributed by atoms with Gasteiger partial charge in [0.1, 0.15) is 10.6 Å². The number of nitrogens with zero attached hydrogens (tertiary/aromatic N) is 3. The second-order valence-electron chi connectivity index (χ2n) is 7.53. The minimum atomic E-state index is -0.524. The van der Waals surface area contributed by atoms with E-state index in [1.54, 1.807) is 28.1 Å². The molecule has 28 heavy (non-hydrogen) atoms. The zero-order chi connectivity index (χ0) is 20.1. The lowest BCUT2D eigenvalue weighted by Gasteiger charge is -2.35. The quantitative estimate of drug-likeness (QED) is 0.783. The molecule has 6 nitrogen and oxygen atoms in total. The molecular weight excluding hydrogens is 374 g/mol. The Morgan fingerprint density at radius 2 is 1.61 bits per heavy atom. The van der Waals surface area contributed by atoms with Crippen LogP contribution in [0.1, 0.15) is 31.1 Å². The van der Waals surface area contributed by atoms with E-state index in [1.165, 1.54) is 11.8 Å². The van der Waals surface area contributed by atoms with Crippen molar-refractivity contribution >= 4 is 23.8 Å². The largest absolute Gasteiger partial charge is 0.444 e. The van der Waals surface area contributed by atoms with Gasteiger partial charge in [0.05, 0.1) is 5.56 Å². The van der Waals surface area contributed by atoms with Crippen LogP contribution < -0.4 is 0 Å². The van der Waals surface area contributed by atoms with Gasteiger partial charge in [0.25, 0.3) is 5.91 Å². The van der Waals surface area contributed by atoms with E-state index < -0.39 is 5.60 Å². The van der Waals surface area contributed by atoms with Gasteiger partial charge in [-0.05, 0) is 45.0 Å². The number of hydrogen-bond donors (Lipinski definition) is 0. The summed E-state index contributed by atoms with van der Waals surface area (Å²) in [4.78, 5) is 34.1. The summed E-state index contributed by atoms with van der Waals surface area (Å²) in [7, 11) is 0. The number of carbonyl (C=O) groups is 2. The highest BCUT2D eigenvalue weighted by molar-refractivity contribution is 7.99. The molecular formula is C21H25N3O3S. The van der Waals surface area contributed by atoms with Gasteiger partial charge in [0.15, 0.2) is 0 Å². The van der Waals surface area contributed by atoms with Crippen molar-refractivity contribution in [3.05, 3.63) is 54.2 Å². The molecule has 2 amide bonds. The standard InChI is InChI=1S/C21H25N3O3S/c1-21(2,3)27-20(26)24-14-12-23(13-15-24)19(25)17-10-7-11-22-18(17)28-16-8-5-4-6-9-16/h4-11H,12-15H2,1-3H3. The maximum atomic E-state index is 13.1. The van der Waals surface area contributed by atoms with Crippen LogP contribution >= 0.6 is 11.8 Å². The molecule has 7 heteroatoms. The van der Waals surface area contributed by atoms with Crippen LogP contribution in [0.5, 0.6) is 0 Å². The molecule has 2 heterocycles. The first kappa shape index (κ1) is 20.2. The Morgan fingerprint density at radius 1 is 0.964 bits per heavy atom. The Balaban J connectivity index is 1.65. The average Bonchev–Trinajstić information content (AvgIpc) is 2.67. The highest BCUT2D eigenvalue weighted by Gasteiger charge is 2.29. The summed E-state index contributed by atoms with van der Waals surface area (Å²) in [5, 5.41) is 0.688. The Labute approximate surface area is 169 Å².